The summed E-state index contributed by atoms with van der Waals surface area (Å²) in [5, 5.41) is 3.62. The Balaban J connectivity index is 1.49. The molecule has 1 aromatic heterocycles. The van der Waals surface area contributed by atoms with Gasteiger partial charge >= 0.3 is 5.97 Å². The molecular weight excluding hydrogens is 408 g/mol. The zero-order valence-corrected chi connectivity index (χ0v) is 18.2. The van der Waals surface area contributed by atoms with Crippen molar-refractivity contribution in [3.63, 3.8) is 0 Å². The molecule has 0 saturated carbocycles. The minimum absolute atomic E-state index is 0.357. The standard InChI is InChI=1S/C25H22N2O3S/c1-3-17-10-8-9-16(2)23(17)27-22(28)15-30-25(29)19-12-5-4-11-18(19)24-26-20-13-6-7-14-21(20)31-24/h4-14H,3,15H2,1-2H3,(H,27,28). The molecule has 0 saturated heterocycles. The number of benzene rings is 3. The van der Waals surface area contributed by atoms with Crippen molar-refractivity contribution in [2.75, 3.05) is 11.9 Å². The van der Waals surface area contributed by atoms with E-state index in [4.69, 9.17) is 4.74 Å². The third kappa shape index (κ3) is 4.49. The molecule has 3 aromatic carbocycles. The van der Waals surface area contributed by atoms with Crippen LogP contribution in [0.15, 0.2) is 66.7 Å². The van der Waals surface area contributed by atoms with E-state index < -0.39 is 5.97 Å². The highest BCUT2D eigenvalue weighted by Gasteiger charge is 2.18. The number of thiazole rings is 1. The molecule has 0 radical (unpaired) electrons. The van der Waals surface area contributed by atoms with Gasteiger partial charge in [-0.05, 0) is 42.7 Å². The van der Waals surface area contributed by atoms with Crippen LogP contribution in [-0.4, -0.2) is 23.5 Å². The van der Waals surface area contributed by atoms with Crippen molar-refractivity contribution < 1.29 is 14.3 Å². The highest BCUT2D eigenvalue weighted by molar-refractivity contribution is 7.21. The molecule has 31 heavy (non-hydrogen) atoms. The van der Waals surface area contributed by atoms with Crippen LogP contribution in [0.3, 0.4) is 0 Å². The van der Waals surface area contributed by atoms with E-state index in [1.165, 1.54) is 11.3 Å². The molecule has 6 heteroatoms. The van der Waals surface area contributed by atoms with E-state index in [-0.39, 0.29) is 12.5 Å². The summed E-state index contributed by atoms with van der Waals surface area (Å²) in [6, 6.07) is 20.9. The molecule has 1 N–H and O–H groups in total. The summed E-state index contributed by atoms with van der Waals surface area (Å²) in [7, 11) is 0. The summed E-state index contributed by atoms with van der Waals surface area (Å²) in [5.41, 5.74) is 4.76. The first-order valence-electron chi connectivity index (χ1n) is 10.1. The van der Waals surface area contributed by atoms with E-state index in [1.807, 2.05) is 68.4 Å². The Morgan fingerprint density at radius 1 is 1.00 bits per heavy atom. The van der Waals surface area contributed by atoms with Crippen LogP contribution in [0.5, 0.6) is 0 Å². The molecule has 0 aliphatic heterocycles. The Hall–Kier alpha value is -3.51. The van der Waals surface area contributed by atoms with Gasteiger partial charge in [-0.25, -0.2) is 9.78 Å². The second kappa shape index (κ2) is 9.10. The predicted octanol–water partition coefficient (Wildman–Crippen LogP) is 5.63. The molecule has 0 unspecified atom stereocenters. The smallest absolute Gasteiger partial charge is 0.339 e. The second-order valence-electron chi connectivity index (χ2n) is 7.12. The Bertz CT molecular complexity index is 1230. The van der Waals surface area contributed by atoms with Gasteiger partial charge in [-0.3, -0.25) is 4.79 Å². The fourth-order valence-electron chi connectivity index (χ4n) is 3.42. The van der Waals surface area contributed by atoms with Gasteiger partial charge in [0, 0.05) is 11.3 Å². The SMILES string of the molecule is CCc1cccc(C)c1NC(=O)COC(=O)c1ccccc1-c1nc2ccccc2s1. The maximum Gasteiger partial charge on any atom is 0.339 e. The number of ether oxygens (including phenoxy) is 1. The number of para-hydroxylation sites is 2. The molecule has 156 valence electrons. The summed E-state index contributed by atoms with van der Waals surface area (Å²) in [5.74, 6) is -0.916. The maximum atomic E-state index is 12.8. The number of nitrogens with zero attached hydrogens (tertiary/aromatic N) is 1. The largest absolute Gasteiger partial charge is 0.452 e. The van der Waals surface area contributed by atoms with Gasteiger partial charge in [0.25, 0.3) is 5.91 Å². The summed E-state index contributed by atoms with van der Waals surface area (Å²) in [4.78, 5) is 29.9. The number of amides is 1. The fourth-order valence-corrected chi connectivity index (χ4v) is 4.43. The van der Waals surface area contributed by atoms with E-state index in [9.17, 15) is 9.59 Å². The number of hydrogen-bond acceptors (Lipinski definition) is 5. The predicted molar refractivity (Wildman–Crippen MR) is 125 cm³/mol. The Kier molecular flexibility index (Phi) is 6.09. The van der Waals surface area contributed by atoms with E-state index >= 15 is 0 Å². The Morgan fingerprint density at radius 3 is 2.58 bits per heavy atom. The van der Waals surface area contributed by atoms with Gasteiger partial charge in [-0.15, -0.1) is 11.3 Å². The molecule has 0 atom stereocenters. The zero-order chi connectivity index (χ0) is 21.8. The molecule has 0 aliphatic rings. The molecular formula is C25H22N2O3S. The molecule has 0 fully saturated rings. The number of rotatable bonds is 6. The van der Waals surface area contributed by atoms with Crippen LogP contribution in [-0.2, 0) is 16.0 Å². The highest BCUT2D eigenvalue weighted by atomic mass is 32.1. The lowest BCUT2D eigenvalue weighted by atomic mass is 10.1. The number of hydrogen-bond donors (Lipinski definition) is 1. The quantitative estimate of drug-likeness (QED) is 0.403. The van der Waals surface area contributed by atoms with Crippen LogP contribution in [0.4, 0.5) is 5.69 Å². The van der Waals surface area contributed by atoms with Crippen molar-refractivity contribution >= 4 is 39.1 Å². The zero-order valence-electron chi connectivity index (χ0n) is 17.3. The summed E-state index contributed by atoms with van der Waals surface area (Å²) in [6.45, 7) is 3.61. The summed E-state index contributed by atoms with van der Waals surface area (Å²) in [6.07, 6.45) is 0.798. The van der Waals surface area contributed by atoms with Gasteiger partial charge in [-0.2, -0.15) is 0 Å². The first-order valence-corrected chi connectivity index (χ1v) is 10.9. The molecule has 0 spiro atoms. The van der Waals surface area contributed by atoms with Crippen LogP contribution in [0, 0.1) is 6.92 Å². The first-order chi connectivity index (χ1) is 15.1. The molecule has 1 amide bonds. The van der Waals surface area contributed by atoms with Gasteiger partial charge in [-0.1, -0.05) is 55.5 Å². The maximum absolute atomic E-state index is 12.8. The van der Waals surface area contributed by atoms with Crippen molar-refractivity contribution in [3.05, 3.63) is 83.4 Å². The third-order valence-electron chi connectivity index (χ3n) is 5.01. The molecule has 4 aromatic rings. The van der Waals surface area contributed by atoms with Crippen molar-refractivity contribution in [2.24, 2.45) is 0 Å². The molecule has 5 nitrogen and oxygen atoms in total. The van der Waals surface area contributed by atoms with Gasteiger partial charge in [0.1, 0.15) is 5.01 Å². The van der Waals surface area contributed by atoms with Gasteiger partial charge < -0.3 is 10.1 Å². The second-order valence-corrected chi connectivity index (χ2v) is 8.15. The summed E-state index contributed by atoms with van der Waals surface area (Å²) < 4.78 is 6.38. The van der Waals surface area contributed by atoms with Gasteiger partial charge in [0.15, 0.2) is 6.61 Å². The lowest BCUT2D eigenvalue weighted by Gasteiger charge is -2.13. The topological polar surface area (TPSA) is 68.3 Å². The van der Waals surface area contributed by atoms with Crippen molar-refractivity contribution in [2.45, 2.75) is 20.3 Å². The molecule has 0 bridgehead atoms. The van der Waals surface area contributed by atoms with Crippen molar-refractivity contribution in [1.29, 1.82) is 0 Å². The number of aromatic nitrogens is 1. The van der Waals surface area contributed by atoms with Crippen LogP contribution in [0.1, 0.15) is 28.4 Å². The lowest BCUT2D eigenvalue weighted by molar-refractivity contribution is -0.119. The monoisotopic (exact) mass is 430 g/mol. The van der Waals surface area contributed by atoms with Crippen LogP contribution >= 0.6 is 11.3 Å². The van der Waals surface area contributed by atoms with Crippen LogP contribution < -0.4 is 5.32 Å². The Labute approximate surface area is 184 Å². The van der Waals surface area contributed by atoms with Gasteiger partial charge in [0.2, 0.25) is 0 Å². The van der Waals surface area contributed by atoms with Gasteiger partial charge in [0.05, 0.1) is 15.8 Å². The molecule has 1 heterocycles. The number of nitrogens with one attached hydrogen (secondary N) is 1. The molecule has 0 aliphatic carbocycles. The van der Waals surface area contributed by atoms with E-state index in [0.29, 0.717) is 11.1 Å². The van der Waals surface area contributed by atoms with Crippen LogP contribution in [0.25, 0.3) is 20.8 Å². The van der Waals surface area contributed by atoms with E-state index in [2.05, 4.69) is 10.3 Å². The number of esters is 1. The first kappa shape index (κ1) is 20.8. The third-order valence-corrected chi connectivity index (χ3v) is 6.08. The van der Waals surface area contributed by atoms with Crippen LogP contribution in [0.2, 0.25) is 0 Å². The Morgan fingerprint density at radius 2 is 1.77 bits per heavy atom. The number of aryl methyl sites for hydroxylation is 2. The normalized spacial score (nSPS) is 10.8. The van der Waals surface area contributed by atoms with E-state index in [0.717, 1.165) is 38.5 Å². The minimum Gasteiger partial charge on any atom is -0.452 e. The number of carbonyl (C=O) groups excluding carboxylic acids is 2. The minimum atomic E-state index is -0.550. The average molecular weight is 431 g/mol. The highest BCUT2D eigenvalue weighted by Crippen LogP contribution is 2.32. The number of anilines is 1. The molecule has 4 rings (SSSR count). The number of carbonyl (C=O) groups is 2. The summed E-state index contributed by atoms with van der Waals surface area (Å²) >= 11 is 1.52. The lowest BCUT2D eigenvalue weighted by Crippen LogP contribution is -2.22. The van der Waals surface area contributed by atoms with Crippen molar-refractivity contribution in [1.82, 2.24) is 4.98 Å². The average Bonchev–Trinajstić information content (AvgIpc) is 3.23. The van der Waals surface area contributed by atoms with Crippen molar-refractivity contribution in [3.8, 4) is 10.6 Å². The van der Waals surface area contributed by atoms with E-state index in [1.54, 1.807) is 12.1 Å². The number of fused-ring (bicyclic) bond motifs is 1. The fraction of sp³-hybridized carbons (Fsp3) is 0.160.